The summed E-state index contributed by atoms with van der Waals surface area (Å²) in [5.41, 5.74) is 0.737. The molecule has 3 unspecified atom stereocenters. The Morgan fingerprint density at radius 2 is 2.21 bits per heavy atom. The van der Waals surface area contributed by atoms with E-state index < -0.39 is 0 Å². The van der Waals surface area contributed by atoms with Crippen LogP contribution in [0.3, 0.4) is 0 Å². The van der Waals surface area contributed by atoms with E-state index in [1.54, 1.807) is 6.07 Å². The third kappa shape index (κ3) is 3.77. The van der Waals surface area contributed by atoms with Gasteiger partial charge in [0.25, 0.3) is 0 Å². The molecule has 0 aliphatic carbocycles. The Morgan fingerprint density at radius 3 is 2.89 bits per heavy atom. The molecule has 1 aromatic carbocycles. The highest BCUT2D eigenvalue weighted by Gasteiger charge is 2.26. The van der Waals surface area contributed by atoms with Gasteiger partial charge >= 0.3 is 0 Å². The van der Waals surface area contributed by atoms with Gasteiger partial charge in [0.2, 0.25) is 0 Å². The molecule has 1 heterocycles. The van der Waals surface area contributed by atoms with Crippen LogP contribution in [0.15, 0.2) is 22.7 Å². The zero-order valence-corrected chi connectivity index (χ0v) is 13.4. The van der Waals surface area contributed by atoms with Crippen molar-refractivity contribution < 1.29 is 4.39 Å². The minimum Gasteiger partial charge on any atom is -0.307 e. The minimum atomic E-state index is -0.135. The lowest BCUT2D eigenvalue weighted by molar-refractivity contribution is 0.167. The molecule has 1 N–H and O–H groups in total. The van der Waals surface area contributed by atoms with E-state index in [2.05, 4.69) is 40.1 Å². The zero-order chi connectivity index (χ0) is 14.0. The molecule has 3 atom stereocenters. The lowest BCUT2D eigenvalue weighted by Gasteiger charge is -2.37. The Hall–Kier alpha value is -0.450. The highest BCUT2D eigenvalue weighted by molar-refractivity contribution is 9.10. The highest BCUT2D eigenvalue weighted by atomic mass is 79.9. The molecule has 2 rings (SSSR count). The van der Waals surface area contributed by atoms with E-state index in [0.717, 1.165) is 29.5 Å². The van der Waals surface area contributed by atoms with Crippen molar-refractivity contribution >= 4 is 15.9 Å². The number of rotatable bonds is 3. The third-order valence-corrected chi connectivity index (χ3v) is 4.49. The third-order valence-electron chi connectivity index (χ3n) is 4.00. The maximum atomic E-state index is 13.9. The maximum absolute atomic E-state index is 13.9. The summed E-state index contributed by atoms with van der Waals surface area (Å²) >= 11 is 3.41. The molecule has 0 amide bonds. The lowest BCUT2D eigenvalue weighted by atomic mass is 9.92. The summed E-state index contributed by atoms with van der Waals surface area (Å²) < 4.78 is 14.8. The van der Waals surface area contributed by atoms with Crippen molar-refractivity contribution in [3.05, 3.63) is 34.1 Å². The average molecular weight is 329 g/mol. The number of halogens is 2. The maximum Gasteiger partial charge on any atom is 0.128 e. The molecule has 0 aromatic heterocycles. The van der Waals surface area contributed by atoms with Gasteiger partial charge in [-0.1, -0.05) is 22.9 Å². The van der Waals surface area contributed by atoms with Gasteiger partial charge in [-0.3, -0.25) is 0 Å². The highest BCUT2D eigenvalue weighted by Crippen LogP contribution is 2.24. The number of hydrogen-bond donors (Lipinski definition) is 1. The molecule has 0 spiro atoms. The fourth-order valence-electron chi connectivity index (χ4n) is 2.86. The molecule has 1 saturated heterocycles. The van der Waals surface area contributed by atoms with Gasteiger partial charge in [-0.15, -0.1) is 0 Å². The van der Waals surface area contributed by atoms with Gasteiger partial charge in [0.15, 0.2) is 0 Å². The van der Waals surface area contributed by atoms with Gasteiger partial charge in [0.05, 0.1) is 0 Å². The van der Waals surface area contributed by atoms with Gasteiger partial charge < -0.3 is 10.2 Å². The molecule has 0 bridgehead atoms. The first-order chi connectivity index (χ1) is 8.97. The van der Waals surface area contributed by atoms with Gasteiger partial charge in [0, 0.05) is 28.7 Å². The second-order valence-corrected chi connectivity index (χ2v) is 6.60. The first-order valence-corrected chi connectivity index (χ1v) is 7.66. The van der Waals surface area contributed by atoms with Crippen molar-refractivity contribution in [3.8, 4) is 0 Å². The monoisotopic (exact) mass is 328 g/mol. The van der Waals surface area contributed by atoms with E-state index in [1.807, 2.05) is 13.0 Å². The van der Waals surface area contributed by atoms with Crippen molar-refractivity contribution in [2.75, 3.05) is 20.1 Å². The second kappa shape index (κ2) is 6.33. The first kappa shape index (κ1) is 14.9. The molecule has 1 fully saturated rings. The normalized spacial score (nSPS) is 26.4. The summed E-state index contributed by atoms with van der Waals surface area (Å²) in [6.07, 6.45) is 1.12. The van der Waals surface area contributed by atoms with Crippen LogP contribution in [0.4, 0.5) is 4.39 Å². The quantitative estimate of drug-likeness (QED) is 0.912. The van der Waals surface area contributed by atoms with Crippen molar-refractivity contribution in [1.29, 1.82) is 0 Å². The molecule has 0 radical (unpaired) electrons. The standard InChI is InChI=1S/C15H22BrFN2/c1-10-9-19(3)7-6-15(10)18-11(2)13-8-12(16)4-5-14(13)17/h4-5,8,10-11,15,18H,6-7,9H2,1-3H3. The molecular formula is C15H22BrFN2. The van der Waals surface area contributed by atoms with E-state index in [4.69, 9.17) is 0 Å². The molecular weight excluding hydrogens is 307 g/mol. The fourth-order valence-corrected chi connectivity index (χ4v) is 3.24. The number of nitrogens with one attached hydrogen (secondary N) is 1. The van der Waals surface area contributed by atoms with Crippen LogP contribution in [-0.2, 0) is 0 Å². The van der Waals surface area contributed by atoms with Crippen molar-refractivity contribution in [2.45, 2.75) is 32.4 Å². The van der Waals surface area contributed by atoms with Gasteiger partial charge in [0.1, 0.15) is 5.82 Å². The second-order valence-electron chi connectivity index (χ2n) is 5.69. The molecule has 1 aliphatic heterocycles. The lowest BCUT2D eigenvalue weighted by Crippen LogP contribution is -2.47. The van der Waals surface area contributed by atoms with Crippen molar-refractivity contribution in [1.82, 2.24) is 10.2 Å². The molecule has 4 heteroatoms. The Kier molecular flexibility index (Phi) is 4.98. The number of benzene rings is 1. The molecule has 106 valence electrons. The van der Waals surface area contributed by atoms with E-state index in [9.17, 15) is 4.39 Å². The molecule has 1 aromatic rings. The predicted molar refractivity (Wildman–Crippen MR) is 80.7 cm³/mol. The van der Waals surface area contributed by atoms with E-state index >= 15 is 0 Å². The van der Waals surface area contributed by atoms with Crippen LogP contribution in [0.25, 0.3) is 0 Å². The largest absolute Gasteiger partial charge is 0.307 e. The Labute approximate surface area is 123 Å². The number of nitrogens with zero attached hydrogens (tertiary/aromatic N) is 1. The summed E-state index contributed by atoms with van der Waals surface area (Å²) in [7, 11) is 2.16. The van der Waals surface area contributed by atoms with E-state index in [1.165, 1.54) is 6.07 Å². The molecule has 1 aliphatic rings. The smallest absolute Gasteiger partial charge is 0.128 e. The Morgan fingerprint density at radius 1 is 1.47 bits per heavy atom. The SMILES string of the molecule is CC(NC1CCN(C)CC1C)c1cc(Br)ccc1F. The van der Waals surface area contributed by atoms with Crippen LogP contribution in [0.1, 0.15) is 31.9 Å². The van der Waals surface area contributed by atoms with Crippen LogP contribution in [0.5, 0.6) is 0 Å². The van der Waals surface area contributed by atoms with Crippen LogP contribution in [0, 0.1) is 11.7 Å². The van der Waals surface area contributed by atoms with Gasteiger partial charge in [-0.2, -0.15) is 0 Å². The summed E-state index contributed by atoms with van der Waals surface area (Å²) in [6.45, 7) is 6.51. The number of likely N-dealkylation sites (tertiary alicyclic amines) is 1. The predicted octanol–water partition coefficient (Wildman–Crippen LogP) is 3.58. The van der Waals surface area contributed by atoms with Gasteiger partial charge in [-0.05, 0) is 51.1 Å². The van der Waals surface area contributed by atoms with Crippen LogP contribution in [0.2, 0.25) is 0 Å². The molecule has 19 heavy (non-hydrogen) atoms. The van der Waals surface area contributed by atoms with Crippen LogP contribution < -0.4 is 5.32 Å². The summed E-state index contributed by atoms with van der Waals surface area (Å²) in [5, 5.41) is 3.59. The summed E-state index contributed by atoms with van der Waals surface area (Å²) in [5.74, 6) is 0.459. The fraction of sp³-hybridized carbons (Fsp3) is 0.600. The Balaban J connectivity index is 2.04. The van der Waals surface area contributed by atoms with Crippen molar-refractivity contribution in [2.24, 2.45) is 5.92 Å². The number of piperidine rings is 1. The van der Waals surface area contributed by atoms with Crippen molar-refractivity contribution in [3.63, 3.8) is 0 Å². The number of hydrogen-bond acceptors (Lipinski definition) is 2. The summed E-state index contributed by atoms with van der Waals surface area (Å²) in [4.78, 5) is 2.35. The minimum absolute atomic E-state index is 0.0355. The van der Waals surface area contributed by atoms with Crippen LogP contribution >= 0.6 is 15.9 Å². The Bertz CT molecular complexity index is 438. The van der Waals surface area contributed by atoms with Crippen LogP contribution in [-0.4, -0.2) is 31.1 Å². The molecule has 0 saturated carbocycles. The zero-order valence-electron chi connectivity index (χ0n) is 11.8. The summed E-state index contributed by atoms with van der Waals surface area (Å²) in [6, 6.07) is 5.63. The first-order valence-electron chi connectivity index (χ1n) is 6.87. The van der Waals surface area contributed by atoms with Gasteiger partial charge in [-0.25, -0.2) is 4.39 Å². The average Bonchev–Trinajstić information content (AvgIpc) is 2.35. The van der Waals surface area contributed by atoms with E-state index in [0.29, 0.717) is 12.0 Å². The molecule has 2 nitrogen and oxygen atoms in total. The topological polar surface area (TPSA) is 15.3 Å². The van der Waals surface area contributed by atoms with E-state index in [-0.39, 0.29) is 11.9 Å².